The molecular weight excluding hydrogens is 235 g/mol. The number of furan rings is 1. The van der Waals surface area contributed by atoms with Crippen LogP contribution in [0, 0.1) is 11.7 Å². The van der Waals surface area contributed by atoms with Crippen LogP contribution < -0.4 is 0 Å². The van der Waals surface area contributed by atoms with E-state index < -0.39 is 5.97 Å². The standard InChI is InChI=1S/C14H11FO3/c15-9-3-1-2-8(6-9)12-4-5-13(18-12)10-7-11(10)14(16)17/h1-6,10-11H,7H2,(H,16,17)/t10-,11-/m0/s1. The fourth-order valence-corrected chi connectivity index (χ4v) is 2.13. The Morgan fingerprint density at radius 2 is 2.17 bits per heavy atom. The summed E-state index contributed by atoms with van der Waals surface area (Å²) in [4.78, 5) is 10.8. The quantitative estimate of drug-likeness (QED) is 0.904. The van der Waals surface area contributed by atoms with Gasteiger partial charge in [0.2, 0.25) is 0 Å². The second-order valence-electron chi connectivity index (χ2n) is 4.50. The Bertz CT molecular complexity index is 603. The molecule has 92 valence electrons. The zero-order chi connectivity index (χ0) is 12.7. The molecule has 0 radical (unpaired) electrons. The van der Waals surface area contributed by atoms with Gasteiger partial charge in [0.25, 0.3) is 0 Å². The lowest BCUT2D eigenvalue weighted by Gasteiger charge is -1.97. The average Bonchev–Trinajstić information content (AvgIpc) is 3.00. The summed E-state index contributed by atoms with van der Waals surface area (Å²) in [7, 11) is 0. The summed E-state index contributed by atoms with van der Waals surface area (Å²) < 4.78 is 18.7. The van der Waals surface area contributed by atoms with Gasteiger partial charge in [-0.05, 0) is 30.7 Å². The molecule has 3 nitrogen and oxygen atoms in total. The fourth-order valence-electron chi connectivity index (χ4n) is 2.13. The summed E-state index contributed by atoms with van der Waals surface area (Å²) in [6.07, 6.45) is 0.617. The molecule has 1 aliphatic rings. The van der Waals surface area contributed by atoms with Gasteiger partial charge < -0.3 is 9.52 Å². The first kappa shape index (κ1) is 11.0. The first-order valence-electron chi connectivity index (χ1n) is 5.73. The van der Waals surface area contributed by atoms with Crippen molar-refractivity contribution < 1.29 is 18.7 Å². The van der Waals surface area contributed by atoms with Gasteiger partial charge in [0, 0.05) is 11.5 Å². The van der Waals surface area contributed by atoms with Crippen LogP contribution in [0.15, 0.2) is 40.8 Å². The van der Waals surface area contributed by atoms with Gasteiger partial charge in [0.05, 0.1) is 5.92 Å². The molecule has 0 bridgehead atoms. The van der Waals surface area contributed by atoms with E-state index >= 15 is 0 Å². The highest BCUT2D eigenvalue weighted by molar-refractivity contribution is 5.75. The van der Waals surface area contributed by atoms with Gasteiger partial charge in [-0.2, -0.15) is 0 Å². The van der Waals surface area contributed by atoms with Gasteiger partial charge in [0.1, 0.15) is 17.3 Å². The third-order valence-electron chi connectivity index (χ3n) is 3.21. The zero-order valence-electron chi connectivity index (χ0n) is 9.47. The predicted octanol–water partition coefficient (Wildman–Crippen LogP) is 3.27. The SMILES string of the molecule is O=C(O)[C@H]1C[C@@H]1c1ccc(-c2cccc(F)c2)o1. The maximum Gasteiger partial charge on any atom is 0.307 e. The Morgan fingerprint density at radius 3 is 2.83 bits per heavy atom. The highest BCUT2D eigenvalue weighted by Gasteiger charge is 2.46. The summed E-state index contributed by atoms with van der Waals surface area (Å²) in [6.45, 7) is 0. The molecule has 1 saturated carbocycles. The molecule has 1 N–H and O–H groups in total. The van der Waals surface area contributed by atoms with E-state index in [4.69, 9.17) is 9.52 Å². The molecule has 18 heavy (non-hydrogen) atoms. The highest BCUT2D eigenvalue weighted by Crippen LogP contribution is 2.48. The van der Waals surface area contributed by atoms with Gasteiger partial charge in [-0.25, -0.2) is 4.39 Å². The molecular formula is C14H11FO3. The number of hydrogen-bond donors (Lipinski definition) is 1. The molecule has 0 spiro atoms. The van der Waals surface area contributed by atoms with Gasteiger partial charge in [-0.3, -0.25) is 4.79 Å². The van der Waals surface area contributed by atoms with Gasteiger partial charge in [0.15, 0.2) is 0 Å². The molecule has 0 aliphatic heterocycles. The third kappa shape index (κ3) is 1.90. The molecule has 1 aliphatic carbocycles. The molecule has 0 amide bonds. The second kappa shape index (κ2) is 3.98. The minimum atomic E-state index is -0.788. The largest absolute Gasteiger partial charge is 0.481 e. The van der Waals surface area contributed by atoms with Crippen molar-refractivity contribution in [3.05, 3.63) is 48.0 Å². The monoisotopic (exact) mass is 246 g/mol. The normalized spacial score (nSPS) is 21.8. The first-order valence-corrected chi connectivity index (χ1v) is 5.73. The third-order valence-corrected chi connectivity index (χ3v) is 3.21. The molecule has 0 unspecified atom stereocenters. The number of halogens is 1. The summed E-state index contributed by atoms with van der Waals surface area (Å²) in [6, 6.07) is 9.66. The highest BCUT2D eigenvalue weighted by atomic mass is 19.1. The smallest absolute Gasteiger partial charge is 0.307 e. The van der Waals surface area contributed by atoms with Crippen LogP contribution in [-0.2, 0) is 4.79 Å². The van der Waals surface area contributed by atoms with Crippen molar-refractivity contribution in [2.45, 2.75) is 12.3 Å². The van der Waals surface area contributed by atoms with Crippen molar-refractivity contribution in [2.75, 3.05) is 0 Å². The van der Waals surface area contributed by atoms with E-state index in [0.717, 1.165) is 0 Å². The Hall–Kier alpha value is -2.10. The van der Waals surface area contributed by atoms with Gasteiger partial charge >= 0.3 is 5.97 Å². The number of rotatable bonds is 3. The van der Waals surface area contributed by atoms with Crippen LogP contribution in [0.3, 0.4) is 0 Å². The second-order valence-corrected chi connectivity index (χ2v) is 4.50. The van der Waals surface area contributed by atoms with E-state index in [1.807, 2.05) is 0 Å². The van der Waals surface area contributed by atoms with E-state index in [-0.39, 0.29) is 17.7 Å². The number of benzene rings is 1. The minimum Gasteiger partial charge on any atom is -0.481 e. The van der Waals surface area contributed by atoms with E-state index in [9.17, 15) is 9.18 Å². The van der Waals surface area contributed by atoms with Crippen LogP contribution in [-0.4, -0.2) is 11.1 Å². The Labute approximate surface area is 103 Å². The number of aliphatic carboxylic acids is 1. The van der Waals surface area contributed by atoms with Crippen LogP contribution >= 0.6 is 0 Å². The van der Waals surface area contributed by atoms with Gasteiger partial charge in [-0.15, -0.1) is 0 Å². The number of carboxylic acid groups (broad SMARTS) is 1. The Balaban J connectivity index is 1.84. The van der Waals surface area contributed by atoms with Crippen LogP contribution in [0.25, 0.3) is 11.3 Å². The lowest BCUT2D eigenvalue weighted by Crippen LogP contribution is -1.98. The van der Waals surface area contributed by atoms with Crippen molar-refractivity contribution in [3.8, 4) is 11.3 Å². The molecule has 0 saturated heterocycles. The van der Waals surface area contributed by atoms with E-state index in [1.165, 1.54) is 12.1 Å². The van der Waals surface area contributed by atoms with Crippen LogP contribution in [0.4, 0.5) is 4.39 Å². The van der Waals surface area contributed by atoms with E-state index in [1.54, 1.807) is 24.3 Å². The predicted molar refractivity (Wildman–Crippen MR) is 62.6 cm³/mol. The van der Waals surface area contributed by atoms with Crippen molar-refractivity contribution >= 4 is 5.97 Å². The summed E-state index contributed by atoms with van der Waals surface area (Å²) in [5, 5.41) is 8.85. The minimum absolute atomic E-state index is 0.0372. The molecule has 2 aromatic rings. The maximum absolute atomic E-state index is 13.1. The molecule has 4 heteroatoms. The van der Waals surface area contributed by atoms with Crippen molar-refractivity contribution in [3.63, 3.8) is 0 Å². The lowest BCUT2D eigenvalue weighted by atomic mass is 10.2. The topological polar surface area (TPSA) is 50.4 Å². The molecule has 1 heterocycles. The number of carboxylic acids is 1. The average molecular weight is 246 g/mol. The molecule has 1 fully saturated rings. The maximum atomic E-state index is 13.1. The van der Waals surface area contributed by atoms with Gasteiger partial charge in [-0.1, -0.05) is 12.1 Å². The molecule has 1 aromatic heterocycles. The lowest BCUT2D eigenvalue weighted by molar-refractivity contribution is -0.138. The summed E-state index contributed by atoms with van der Waals surface area (Å²) in [5.41, 5.74) is 0.661. The first-order chi connectivity index (χ1) is 8.65. The van der Waals surface area contributed by atoms with Crippen molar-refractivity contribution in [1.29, 1.82) is 0 Å². The van der Waals surface area contributed by atoms with Crippen LogP contribution in [0.2, 0.25) is 0 Å². The Kier molecular flexibility index (Phi) is 2.44. The van der Waals surface area contributed by atoms with Crippen molar-refractivity contribution in [2.24, 2.45) is 5.92 Å². The van der Waals surface area contributed by atoms with E-state index in [0.29, 0.717) is 23.5 Å². The fraction of sp³-hybridized carbons (Fsp3) is 0.214. The van der Waals surface area contributed by atoms with Crippen LogP contribution in [0.5, 0.6) is 0 Å². The number of hydrogen-bond acceptors (Lipinski definition) is 2. The van der Waals surface area contributed by atoms with E-state index in [2.05, 4.69) is 0 Å². The summed E-state index contributed by atoms with van der Waals surface area (Å²) >= 11 is 0. The molecule has 2 atom stereocenters. The van der Waals surface area contributed by atoms with Crippen LogP contribution in [0.1, 0.15) is 18.1 Å². The molecule has 1 aromatic carbocycles. The van der Waals surface area contributed by atoms with Crippen molar-refractivity contribution in [1.82, 2.24) is 0 Å². The molecule has 3 rings (SSSR count). The summed E-state index contributed by atoms with van der Waals surface area (Å²) in [5.74, 6) is -0.243. The zero-order valence-corrected chi connectivity index (χ0v) is 9.47. The number of carbonyl (C=O) groups is 1. The Morgan fingerprint density at radius 1 is 1.33 bits per heavy atom.